The molecule has 0 N–H and O–H groups in total. The van der Waals surface area contributed by atoms with Gasteiger partial charge in [0.25, 0.3) is 5.91 Å². The highest BCUT2D eigenvalue weighted by Gasteiger charge is 2.31. The van der Waals surface area contributed by atoms with Gasteiger partial charge in [-0.05, 0) is 59.4 Å². The number of sulfonamides is 1. The molecule has 3 aromatic carbocycles. The Bertz CT molecular complexity index is 1220. The zero-order valence-corrected chi connectivity index (χ0v) is 17.6. The van der Waals surface area contributed by atoms with Gasteiger partial charge in [-0.3, -0.25) is 4.79 Å². The van der Waals surface area contributed by atoms with Crippen LogP contribution in [0.5, 0.6) is 0 Å². The van der Waals surface area contributed by atoms with Crippen LogP contribution in [0.3, 0.4) is 0 Å². The number of aryl methyl sites for hydroxylation is 2. The molecule has 3 aromatic rings. The highest BCUT2D eigenvalue weighted by Crippen LogP contribution is 2.27. The lowest BCUT2D eigenvalue weighted by atomic mass is 10.0. The number of carbonyl (C=O) groups excluding carboxylic acids is 1. The first kappa shape index (κ1) is 19.3. The fraction of sp³-hybridized carbons (Fsp3) is 0.292. The standard InChI is InChI=1S/C24H24N2O3S/c27-24(23-10-4-7-19-5-1-2-9-22(19)23)25-13-15-26(16-14-25)30(28,29)21-12-11-18-6-3-8-20(18)17-21/h1-2,4-5,7,9-12,17H,3,6,8,13-16H2. The van der Waals surface area contributed by atoms with Crippen LogP contribution in [0.15, 0.2) is 65.6 Å². The fourth-order valence-corrected chi connectivity index (χ4v) is 6.04. The molecule has 1 heterocycles. The first-order valence-electron chi connectivity index (χ1n) is 10.4. The lowest BCUT2D eigenvalue weighted by Crippen LogP contribution is -2.50. The average molecular weight is 421 g/mol. The third-order valence-electron chi connectivity index (χ3n) is 6.25. The summed E-state index contributed by atoms with van der Waals surface area (Å²) in [6, 6.07) is 19.1. The molecular formula is C24H24N2O3S. The molecule has 1 amide bonds. The summed E-state index contributed by atoms with van der Waals surface area (Å²) in [5, 5.41) is 1.96. The summed E-state index contributed by atoms with van der Waals surface area (Å²) in [5.41, 5.74) is 3.09. The van der Waals surface area contributed by atoms with Gasteiger partial charge >= 0.3 is 0 Å². The van der Waals surface area contributed by atoms with Crippen LogP contribution in [0.1, 0.15) is 27.9 Å². The molecule has 1 aliphatic heterocycles. The summed E-state index contributed by atoms with van der Waals surface area (Å²) in [4.78, 5) is 15.3. The molecule has 5 rings (SSSR count). The number of benzene rings is 3. The fourth-order valence-electron chi connectivity index (χ4n) is 4.57. The Balaban J connectivity index is 1.33. The van der Waals surface area contributed by atoms with Crippen molar-refractivity contribution in [2.24, 2.45) is 0 Å². The quantitative estimate of drug-likeness (QED) is 0.652. The summed E-state index contributed by atoms with van der Waals surface area (Å²) < 4.78 is 27.8. The minimum atomic E-state index is -3.54. The van der Waals surface area contributed by atoms with E-state index in [-0.39, 0.29) is 5.91 Å². The van der Waals surface area contributed by atoms with Crippen LogP contribution in [0.2, 0.25) is 0 Å². The van der Waals surface area contributed by atoms with Crippen LogP contribution in [-0.2, 0) is 22.9 Å². The summed E-state index contributed by atoms with van der Waals surface area (Å²) in [7, 11) is -3.54. The molecule has 1 saturated heterocycles. The summed E-state index contributed by atoms with van der Waals surface area (Å²) >= 11 is 0. The van der Waals surface area contributed by atoms with Crippen LogP contribution in [-0.4, -0.2) is 49.7 Å². The zero-order valence-electron chi connectivity index (χ0n) is 16.8. The molecule has 154 valence electrons. The molecule has 0 radical (unpaired) electrons. The smallest absolute Gasteiger partial charge is 0.254 e. The summed E-state index contributed by atoms with van der Waals surface area (Å²) in [6.07, 6.45) is 3.07. The Morgan fingerprint density at radius 1 is 0.800 bits per heavy atom. The molecular weight excluding hydrogens is 396 g/mol. The lowest BCUT2D eigenvalue weighted by molar-refractivity contribution is 0.0700. The van der Waals surface area contributed by atoms with Crippen molar-refractivity contribution in [2.75, 3.05) is 26.2 Å². The molecule has 5 nitrogen and oxygen atoms in total. The first-order valence-corrected chi connectivity index (χ1v) is 11.9. The highest BCUT2D eigenvalue weighted by atomic mass is 32.2. The predicted octanol–water partition coefficient (Wildman–Crippen LogP) is 3.48. The van der Waals surface area contributed by atoms with Crippen molar-refractivity contribution in [3.05, 3.63) is 77.4 Å². The lowest BCUT2D eigenvalue weighted by Gasteiger charge is -2.34. The van der Waals surface area contributed by atoms with Crippen molar-refractivity contribution in [3.8, 4) is 0 Å². The largest absolute Gasteiger partial charge is 0.336 e. The number of amides is 1. The van der Waals surface area contributed by atoms with E-state index in [1.54, 1.807) is 11.0 Å². The molecule has 2 aliphatic rings. The predicted molar refractivity (Wildman–Crippen MR) is 117 cm³/mol. The summed E-state index contributed by atoms with van der Waals surface area (Å²) in [6.45, 7) is 1.42. The van der Waals surface area contributed by atoms with Crippen LogP contribution < -0.4 is 0 Å². The maximum Gasteiger partial charge on any atom is 0.254 e. The van der Waals surface area contributed by atoms with Crippen LogP contribution in [0.25, 0.3) is 10.8 Å². The van der Waals surface area contributed by atoms with Gasteiger partial charge in [0.05, 0.1) is 4.90 Å². The molecule has 1 fully saturated rings. The van der Waals surface area contributed by atoms with Gasteiger partial charge in [0.2, 0.25) is 10.0 Å². The second-order valence-electron chi connectivity index (χ2n) is 8.01. The third kappa shape index (κ3) is 3.30. The Kier molecular flexibility index (Phi) is 4.83. The number of piperazine rings is 1. The zero-order chi connectivity index (χ0) is 20.7. The average Bonchev–Trinajstić information content (AvgIpc) is 3.26. The monoisotopic (exact) mass is 420 g/mol. The van der Waals surface area contributed by atoms with E-state index >= 15 is 0 Å². The van der Waals surface area contributed by atoms with Gasteiger partial charge in [-0.1, -0.05) is 42.5 Å². The van der Waals surface area contributed by atoms with E-state index in [1.165, 1.54) is 9.87 Å². The number of hydrogen-bond donors (Lipinski definition) is 0. The van der Waals surface area contributed by atoms with E-state index in [2.05, 4.69) is 0 Å². The molecule has 0 bridgehead atoms. The topological polar surface area (TPSA) is 57.7 Å². The maximum atomic E-state index is 13.1. The van der Waals surface area contributed by atoms with Crippen molar-refractivity contribution >= 4 is 26.7 Å². The van der Waals surface area contributed by atoms with Crippen LogP contribution >= 0.6 is 0 Å². The van der Waals surface area contributed by atoms with Crippen molar-refractivity contribution in [2.45, 2.75) is 24.2 Å². The van der Waals surface area contributed by atoms with Gasteiger partial charge in [0.1, 0.15) is 0 Å². The molecule has 0 saturated carbocycles. The molecule has 30 heavy (non-hydrogen) atoms. The van der Waals surface area contributed by atoms with E-state index in [0.29, 0.717) is 36.6 Å². The molecule has 0 aromatic heterocycles. The van der Waals surface area contributed by atoms with E-state index in [0.717, 1.165) is 35.6 Å². The second kappa shape index (κ2) is 7.52. The Morgan fingerprint density at radius 2 is 1.53 bits per heavy atom. The molecule has 1 aliphatic carbocycles. The SMILES string of the molecule is O=C(c1cccc2ccccc12)N1CCN(S(=O)(=O)c2ccc3c(c2)CCC3)CC1. The number of fused-ring (bicyclic) bond motifs is 2. The minimum absolute atomic E-state index is 0.0404. The van der Waals surface area contributed by atoms with Crippen molar-refractivity contribution in [1.29, 1.82) is 0 Å². The first-order chi connectivity index (χ1) is 14.5. The van der Waals surface area contributed by atoms with Gasteiger partial charge in [0.15, 0.2) is 0 Å². The van der Waals surface area contributed by atoms with Gasteiger partial charge in [-0.15, -0.1) is 0 Å². The van der Waals surface area contributed by atoms with Gasteiger partial charge in [-0.2, -0.15) is 4.31 Å². The van der Waals surface area contributed by atoms with E-state index in [4.69, 9.17) is 0 Å². The van der Waals surface area contributed by atoms with Crippen LogP contribution in [0, 0.1) is 0 Å². The molecule has 6 heteroatoms. The Hall–Kier alpha value is -2.70. The van der Waals surface area contributed by atoms with E-state index in [1.807, 2.05) is 54.6 Å². The highest BCUT2D eigenvalue weighted by molar-refractivity contribution is 7.89. The number of hydrogen-bond acceptors (Lipinski definition) is 3. The minimum Gasteiger partial charge on any atom is -0.336 e. The maximum absolute atomic E-state index is 13.1. The Morgan fingerprint density at radius 3 is 2.37 bits per heavy atom. The van der Waals surface area contributed by atoms with E-state index in [9.17, 15) is 13.2 Å². The summed E-state index contributed by atoms with van der Waals surface area (Å²) in [5.74, 6) is -0.0404. The Labute approximate surface area is 177 Å². The number of carbonyl (C=O) groups is 1. The van der Waals surface area contributed by atoms with Gasteiger partial charge < -0.3 is 4.90 Å². The van der Waals surface area contributed by atoms with Gasteiger partial charge in [0, 0.05) is 31.7 Å². The van der Waals surface area contributed by atoms with Crippen molar-refractivity contribution in [3.63, 3.8) is 0 Å². The molecule has 0 unspecified atom stereocenters. The van der Waals surface area contributed by atoms with Crippen LogP contribution in [0.4, 0.5) is 0 Å². The molecule has 0 spiro atoms. The van der Waals surface area contributed by atoms with E-state index < -0.39 is 10.0 Å². The van der Waals surface area contributed by atoms with Crippen molar-refractivity contribution in [1.82, 2.24) is 9.21 Å². The number of nitrogens with zero attached hydrogens (tertiary/aromatic N) is 2. The second-order valence-corrected chi connectivity index (χ2v) is 9.95. The third-order valence-corrected chi connectivity index (χ3v) is 8.15. The molecule has 0 atom stereocenters. The number of rotatable bonds is 3. The van der Waals surface area contributed by atoms with Crippen molar-refractivity contribution < 1.29 is 13.2 Å². The normalized spacial score (nSPS) is 17.3. The van der Waals surface area contributed by atoms with Gasteiger partial charge in [-0.25, -0.2) is 8.42 Å².